The second kappa shape index (κ2) is 12.8. The predicted molar refractivity (Wildman–Crippen MR) is 152 cm³/mol. The van der Waals surface area contributed by atoms with E-state index in [9.17, 15) is 19.5 Å². The lowest BCUT2D eigenvalue weighted by Gasteiger charge is -2.34. The Morgan fingerprint density at radius 2 is 1.93 bits per heavy atom. The Morgan fingerprint density at radius 1 is 1.20 bits per heavy atom. The summed E-state index contributed by atoms with van der Waals surface area (Å²) in [6.45, 7) is 7.54. The Kier molecular flexibility index (Phi) is 9.23. The van der Waals surface area contributed by atoms with Crippen molar-refractivity contribution in [1.82, 2.24) is 19.9 Å². The standard InChI is InChI=1S/C29H36N6O6/c1-17-14-35(18(2)16-36)26(37)13-22-12-23(31-28(38)21-8-10-30-11-9-21)6-7-24(22)40-25(17)15-34(5)29(39)32-27-19(3)33-41-20(27)4/h6-12,17-18,25,36H,13-16H2,1-5H3,(H,31,38)(H,32,39)/t17-,18+,25+/m0/s1. The zero-order valence-corrected chi connectivity index (χ0v) is 23.9. The Balaban J connectivity index is 1.60. The molecule has 0 saturated carbocycles. The summed E-state index contributed by atoms with van der Waals surface area (Å²) in [6, 6.07) is 7.60. The van der Waals surface area contributed by atoms with Crippen LogP contribution in [0.25, 0.3) is 0 Å². The van der Waals surface area contributed by atoms with Gasteiger partial charge in [0, 0.05) is 48.7 Å². The highest BCUT2D eigenvalue weighted by atomic mass is 16.5. The number of urea groups is 1. The largest absolute Gasteiger partial charge is 0.488 e. The van der Waals surface area contributed by atoms with Crippen LogP contribution in [-0.2, 0) is 11.2 Å². The van der Waals surface area contributed by atoms with Gasteiger partial charge in [-0.25, -0.2) is 4.79 Å². The molecule has 0 fully saturated rings. The lowest BCUT2D eigenvalue weighted by Crippen LogP contribution is -2.48. The van der Waals surface area contributed by atoms with Crippen LogP contribution in [0.15, 0.2) is 47.2 Å². The van der Waals surface area contributed by atoms with Crippen LogP contribution in [0.5, 0.6) is 5.75 Å². The topological polar surface area (TPSA) is 150 Å². The quantitative estimate of drug-likeness (QED) is 0.396. The molecule has 1 aliphatic heterocycles. The van der Waals surface area contributed by atoms with Crippen molar-refractivity contribution in [3.8, 4) is 5.75 Å². The number of rotatable bonds is 7. The van der Waals surface area contributed by atoms with Crippen LogP contribution in [0.3, 0.4) is 0 Å². The molecule has 1 aromatic carbocycles. The molecule has 2 aromatic heterocycles. The molecule has 3 N–H and O–H groups in total. The van der Waals surface area contributed by atoms with E-state index in [1.165, 1.54) is 17.3 Å². The molecular weight excluding hydrogens is 528 g/mol. The minimum absolute atomic E-state index is 0.0143. The fourth-order valence-electron chi connectivity index (χ4n) is 4.65. The maximum Gasteiger partial charge on any atom is 0.321 e. The monoisotopic (exact) mass is 564 g/mol. The first-order valence-corrected chi connectivity index (χ1v) is 13.4. The number of anilines is 2. The van der Waals surface area contributed by atoms with Gasteiger partial charge in [-0.3, -0.25) is 14.6 Å². The van der Waals surface area contributed by atoms with E-state index >= 15 is 0 Å². The summed E-state index contributed by atoms with van der Waals surface area (Å²) in [4.78, 5) is 46.3. The molecular formula is C29H36N6O6. The zero-order valence-electron chi connectivity index (χ0n) is 23.9. The van der Waals surface area contributed by atoms with Crippen molar-refractivity contribution in [2.75, 3.05) is 37.4 Å². The molecule has 0 spiro atoms. The van der Waals surface area contributed by atoms with Gasteiger partial charge in [0.2, 0.25) is 5.91 Å². The van der Waals surface area contributed by atoms with Crippen LogP contribution in [0.1, 0.15) is 41.2 Å². The number of nitrogens with zero attached hydrogens (tertiary/aromatic N) is 4. The molecule has 0 unspecified atom stereocenters. The number of nitrogens with one attached hydrogen (secondary N) is 2. The molecule has 3 aromatic rings. The maximum atomic E-state index is 13.4. The van der Waals surface area contributed by atoms with Gasteiger partial charge in [-0.1, -0.05) is 12.1 Å². The Morgan fingerprint density at radius 3 is 2.59 bits per heavy atom. The van der Waals surface area contributed by atoms with Gasteiger partial charge in [-0.15, -0.1) is 0 Å². The highest BCUT2D eigenvalue weighted by molar-refractivity contribution is 6.04. The number of benzene rings is 1. The fourth-order valence-corrected chi connectivity index (χ4v) is 4.65. The van der Waals surface area contributed by atoms with Crippen molar-refractivity contribution < 1.29 is 28.8 Å². The predicted octanol–water partition coefficient (Wildman–Crippen LogP) is 3.25. The van der Waals surface area contributed by atoms with Crippen molar-refractivity contribution >= 4 is 29.2 Å². The van der Waals surface area contributed by atoms with E-state index in [1.54, 1.807) is 63.1 Å². The summed E-state index contributed by atoms with van der Waals surface area (Å²) in [6.07, 6.45) is 2.59. The summed E-state index contributed by atoms with van der Waals surface area (Å²) in [5, 5.41) is 19.4. The molecule has 3 atom stereocenters. The van der Waals surface area contributed by atoms with Crippen LogP contribution in [0.4, 0.5) is 16.2 Å². The van der Waals surface area contributed by atoms with E-state index in [0.29, 0.717) is 46.3 Å². The van der Waals surface area contributed by atoms with Gasteiger partial charge in [-0.05, 0) is 51.1 Å². The number of likely N-dealkylation sites (N-methyl/N-ethyl adjacent to an activating group) is 1. The summed E-state index contributed by atoms with van der Waals surface area (Å²) in [5.41, 5.74) is 2.63. The number of aliphatic hydroxyl groups excluding tert-OH is 1. The summed E-state index contributed by atoms with van der Waals surface area (Å²) in [5.74, 6) is 0.306. The number of aromatic nitrogens is 2. The van der Waals surface area contributed by atoms with Gasteiger partial charge >= 0.3 is 6.03 Å². The van der Waals surface area contributed by atoms with Crippen molar-refractivity contribution in [2.24, 2.45) is 5.92 Å². The first-order valence-electron chi connectivity index (χ1n) is 13.4. The highest BCUT2D eigenvalue weighted by Gasteiger charge is 2.32. The molecule has 12 heteroatoms. The average Bonchev–Trinajstić information content (AvgIpc) is 3.29. The summed E-state index contributed by atoms with van der Waals surface area (Å²) < 4.78 is 11.6. The number of hydrogen-bond donors (Lipinski definition) is 3. The highest BCUT2D eigenvalue weighted by Crippen LogP contribution is 2.29. The van der Waals surface area contributed by atoms with E-state index in [2.05, 4.69) is 20.8 Å². The number of pyridine rings is 1. The van der Waals surface area contributed by atoms with E-state index in [4.69, 9.17) is 9.26 Å². The third kappa shape index (κ3) is 7.01. The number of aliphatic hydroxyl groups is 1. The Labute approximate surface area is 238 Å². The third-order valence-corrected chi connectivity index (χ3v) is 7.18. The van der Waals surface area contributed by atoms with Crippen molar-refractivity contribution in [1.29, 1.82) is 0 Å². The smallest absolute Gasteiger partial charge is 0.321 e. The zero-order chi connectivity index (χ0) is 29.7. The molecule has 0 saturated heterocycles. The first-order chi connectivity index (χ1) is 19.6. The Hall–Kier alpha value is -4.45. The molecule has 4 rings (SSSR count). The van der Waals surface area contributed by atoms with Gasteiger partial charge in [0.15, 0.2) is 5.76 Å². The lowest BCUT2D eigenvalue weighted by molar-refractivity contribution is -0.134. The SMILES string of the molecule is Cc1noc(C)c1NC(=O)N(C)C[C@H]1Oc2ccc(NC(=O)c3ccncc3)cc2CC(=O)N([C@H](C)CO)C[C@@H]1C. The fraction of sp³-hybridized carbons (Fsp3) is 0.414. The van der Waals surface area contributed by atoms with E-state index in [1.807, 2.05) is 6.92 Å². The third-order valence-electron chi connectivity index (χ3n) is 7.18. The van der Waals surface area contributed by atoms with Crippen molar-refractivity contribution in [3.63, 3.8) is 0 Å². The molecule has 0 bridgehead atoms. The van der Waals surface area contributed by atoms with Gasteiger partial charge in [0.25, 0.3) is 5.91 Å². The van der Waals surface area contributed by atoms with Gasteiger partial charge in [0.1, 0.15) is 23.2 Å². The lowest BCUT2D eigenvalue weighted by atomic mass is 10.0. The average molecular weight is 565 g/mol. The Bertz CT molecular complexity index is 1370. The molecule has 0 aliphatic carbocycles. The van der Waals surface area contributed by atoms with E-state index in [-0.39, 0.29) is 43.3 Å². The number of carbonyl (C=O) groups is 3. The van der Waals surface area contributed by atoms with Gasteiger partial charge < -0.3 is 34.8 Å². The number of ether oxygens (including phenoxy) is 1. The number of fused-ring (bicyclic) bond motifs is 1. The van der Waals surface area contributed by atoms with Gasteiger partial charge in [0.05, 0.1) is 25.6 Å². The summed E-state index contributed by atoms with van der Waals surface area (Å²) >= 11 is 0. The minimum atomic E-state index is -0.495. The van der Waals surface area contributed by atoms with Crippen LogP contribution in [0.2, 0.25) is 0 Å². The second-order valence-corrected chi connectivity index (χ2v) is 10.4. The second-order valence-electron chi connectivity index (χ2n) is 10.4. The van der Waals surface area contributed by atoms with Crippen LogP contribution in [-0.4, -0.2) is 81.8 Å². The molecule has 41 heavy (non-hydrogen) atoms. The van der Waals surface area contributed by atoms with E-state index < -0.39 is 12.1 Å². The maximum absolute atomic E-state index is 13.4. The van der Waals surface area contributed by atoms with Crippen molar-refractivity contribution in [2.45, 2.75) is 46.3 Å². The van der Waals surface area contributed by atoms with Gasteiger partial charge in [-0.2, -0.15) is 0 Å². The van der Waals surface area contributed by atoms with Crippen LogP contribution in [0, 0.1) is 19.8 Å². The molecule has 4 amide bonds. The number of amides is 4. The number of aryl methyl sites for hydroxylation is 2. The summed E-state index contributed by atoms with van der Waals surface area (Å²) in [7, 11) is 1.66. The molecule has 3 heterocycles. The first kappa shape index (κ1) is 29.5. The molecule has 0 radical (unpaired) electrons. The molecule has 218 valence electrons. The van der Waals surface area contributed by atoms with Crippen LogP contribution >= 0.6 is 0 Å². The molecule has 1 aliphatic rings. The normalized spacial score (nSPS) is 17.8. The van der Waals surface area contributed by atoms with Crippen molar-refractivity contribution in [3.05, 3.63) is 65.3 Å². The number of carbonyl (C=O) groups excluding carboxylic acids is 3. The minimum Gasteiger partial charge on any atom is -0.488 e. The van der Waals surface area contributed by atoms with E-state index in [0.717, 1.165) is 0 Å². The molecule has 12 nitrogen and oxygen atoms in total. The van der Waals surface area contributed by atoms with Crippen LogP contribution < -0.4 is 15.4 Å². The number of hydrogen-bond acceptors (Lipinski definition) is 8.